The van der Waals surface area contributed by atoms with Crippen molar-refractivity contribution in [2.75, 3.05) is 5.73 Å². The number of aliphatic hydroxyl groups is 2. The molecule has 0 atom stereocenters. The zero-order chi connectivity index (χ0) is 22.6. The molecule has 0 bridgehead atoms. The smallest absolute Gasteiger partial charge is 0.289 e. The van der Waals surface area contributed by atoms with Gasteiger partial charge in [0, 0.05) is 11.8 Å². The lowest BCUT2D eigenvalue weighted by Gasteiger charge is -2.05. The van der Waals surface area contributed by atoms with E-state index in [0.717, 1.165) is 12.1 Å². The maximum atomic E-state index is 11.1. The molecule has 0 aliphatic heterocycles. The lowest BCUT2D eigenvalue weighted by atomic mass is 10.2. The number of sulfonamides is 2. The number of primary sulfonamides is 2. The summed E-state index contributed by atoms with van der Waals surface area (Å²) in [4.78, 5) is 9.06. The molecule has 0 amide bonds. The van der Waals surface area contributed by atoms with Crippen molar-refractivity contribution in [3.05, 3.63) is 56.6 Å². The van der Waals surface area contributed by atoms with Gasteiger partial charge in [-0.25, -0.2) is 27.1 Å². The monoisotopic (exact) mass is 468 g/mol. The van der Waals surface area contributed by atoms with Gasteiger partial charge in [-0.15, -0.1) is 0 Å². The van der Waals surface area contributed by atoms with Crippen molar-refractivity contribution in [2.45, 2.75) is 23.0 Å². The highest BCUT2D eigenvalue weighted by atomic mass is 35.5. The highest BCUT2D eigenvalue weighted by molar-refractivity contribution is 7.89. The molecule has 0 heterocycles. The van der Waals surface area contributed by atoms with Gasteiger partial charge in [0.05, 0.1) is 23.0 Å². The fraction of sp³-hybridized carbons (Fsp3) is 0.143. The molecular formula is C14H17ClN4O8S2. The Kier molecular flexibility index (Phi) is 8.05. The summed E-state index contributed by atoms with van der Waals surface area (Å²) in [7, 11) is -7.92. The van der Waals surface area contributed by atoms with Gasteiger partial charge in [-0.3, -0.25) is 10.1 Å². The van der Waals surface area contributed by atoms with Gasteiger partial charge in [-0.1, -0.05) is 11.6 Å². The molecule has 2 aromatic carbocycles. The number of nitrogen functional groups attached to an aromatic ring is 1. The molecule has 0 spiro atoms. The maximum absolute atomic E-state index is 11.1. The van der Waals surface area contributed by atoms with E-state index in [1.807, 2.05) is 0 Å². The molecule has 0 unspecified atom stereocenters. The standard InChI is InChI=1S/C7H7ClN2O5S.C7H10N2O3S/c8-7-5(10(12)13)1-4(3-11)2-6(7)16(9,14)15;8-6-1-5(4-10)2-7(3-6)13(9,11)12/h1-2,11H,3H2,(H2,9,14,15);1-3,10H,4,8H2,(H2,9,11,12). The number of nitrogens with two attached hydrogens (primary N) is 3. The van der Waals surface area contributed by atoms with Crippen molar-refractivity contribution in [1.29, 1.82) is 0 Å². The average Bonchev–Trinajstić information content (AvgIpc) is 2.60. The number of halogens is 1. The van der Waals surface area contributed by atoms with Gasteiger partial charge in [0.2, 0.25) is 20.0 Å². The average molecular weight is 469 g/mol. The van der Waals surface area contributed by atoms with Gasteiger partial charge in [-0.05, 0) is 35.4 Å². The molecule has 0 saturated heterocycles. The van der Waals surface area contributed by atoms with Crippen LogP contribution in [0.15, 0.2) is 40.1 Å². The number of rotatable bonds is 5. The predicted molar refractivity (Wildman–Crippen MR) is 104 cm³/mol. The molecule has 0 radical (unpaired) electrons. The molecule has 2 aromatic rings. The van der Waals surface area contributed by atoms with Gasteiger partial charge >= 0.3 is 0 Å². The lowest BCUT2D eigenvalue weighted by molar-refractivity contribution is -0.385. The van der Waals surface area contributed by atoms with Crippen molar-refractivity contribution in [3.8, 4) is 0 Å². The second kappa shape index (κ2) is 9.45. The number of benzene rings is 2. The van der Waals surface area contributed by atoms with E-state index in [2.05, 4.69) is 0 Å². The van der Waals surface area contributed by atoms with Crippen LogP contribution in [0.4, 0.5) is 11.4 Å². The summed E-state index contributed by atoms with van der Waals surface area (Å²) in [5, 5.41) is 37.3. The van der Waals surface area contributed by atoms with Crippen LogP contribution in [0.5, 0.6) is 0 Å². The van der Waals surface area contributed by atoms with Gasteiger partial charge < -0.3 is 15.9 Å². The molecular weight excluding hydrogens is 452 g/mol. The first-order chi connectivity index (χ1) is 13.2. The summed E-state index contributed by atoms with van der Waals surface area (Å²) in [5.41, 5.74) is 5.51. The van der Waals surface area contributed by atoms with Crippen LogP contribution in [0, 0.1) is 10.1 Å². The van der Waals surface area contributed by atoms with Gasteiger partial charge in [0.25, 0.3) is 5.69 Å². The molecule has 2 rings (SSSR count). The van der Waals surface area contributed by atoms with Crippen LogP contribution in [-0.2, 0) is 33.3 Å². The first-order valence-electron chi connectivity index (χ1n) is 7.34. The molecule has 160 valence electrons. The summed E-state index contributed by atoms with van der Waals surface area (Å²) in [6.07, 6.45) is 0. The molecule has 0 fully saturated rings. The van der Waals surface area contributed by atoms with Gasteiger partial charge in [0.15, 0.2) is 0 Å². The molecule has 29 heavy (non-hydrogen) atoms. The Morgan fingerprint density at radius 3 is 1.86 bits per heavy atom. The Bertz CT molecular complexity index is 1140. The van der Waals surface area contributed by atoms with Crippen molar-refractivity contribution in [3.63, 3.8) is 0 Å². The number of nitro benzene ring substituents is 1. The van der Waals surface area contributed by atoms with Crippen LogP contribution >= 0.6 is 11.6 Å². The summed E-state index contributed by atoms with van der Waals surface area (Å²) >= 11 is 5.53. The third-order valence-electron chi connectivity index (χ3n) is 3.27. The zero-order valence-corrected chi connectivity index (χ0v) is 16.9. The Balaban J connectivity index is 0.000000296. The molecule has 12 nitrogen and oxygen atoms in total. The Labute approximate surface area is 170 Å². The van der Waals surface area contributed by atoms with Crippen molar-refractivity contribution < 1.29 is 32.0 Å². The van der Waals surface area contributed by atoms with Crippen LogP contribution in [0.25, 0.3) is 0 Å². The van der Waals surface area contributed by atoms with Crippen LogP contribution in [0.3, 0.4) is 0 Å². The first kappa shape index (κ1) is 24.7. The minimum absolute atomic E-state index is 0.0418. The molecule has 0 aliphatic rings. The van der Waals surface area contributed by atoms with Crippen LogP contribution in [0.1, 0.15) is 11.1 Å². The SMILES string of the molecule is NS(=O)(=O)c1cc(CO)cc([N+](=O)[O-])c1Cl.Nc1cc(CO)cc(S(N)(=O)=O)c1. The highest BCUT2D eigenvalue weighted by Crippen LogP contribution is 2.32. The van der Waals surface area contributed by atoms with E-state index < -0.39 is 47.2 Å². The van der Waals surface area contributed by atoms with E-state index in [0.29, 0.717) is 5.56 Å². The second-order valence-electron chi connectivity index (χ2n) is 5.50. The van der Waals surface area contributed by atoms with Crippen LogP contribution in [-0.4, -0.2) is 32.0 Å². The number of nitro groups is 1. The molecule has 8 N–H and O–H groups in total. The number of nitrogens with zero attached hydrogens (tertiary/aromatic N) is 1. The zero-order valence-electron chi connectivity index (χ0n) is 14.5. The Hall–Kier alpha value is -2.33. The third kappa shape index (κ3) is 6.90. The quantitative estimate of drug-likeness (QED) is 0.221. The summed E-state index contributed by atoms with van der Waals surface area (Å²) < 4.78 is 44.0. The fourth-order valence-corrected chi connectivity index (χ4v) is 3.80. The minimum atomic E-state index is -4.17. The molecule has 0 saturated carbocycles. The van der Waals surface area contributed by atoms with Crippen LogP contribution in [0.2, 0.25) is 5.02 Å². The predicted octanol–water partition coefficient (Wildman–Crippen LogP) is -0.204. The molecule has 0 aromatic heterocycles. The number of anilines is 1. The number of hydrogen-bond acceptors (Lipinski definition) is 9. The van der Waals surface area contributed by atoms with Crippen molar-refractivity contribution in [1.82, 2.24) is 0 Å². The van der Waals surface area contributed by atoms with Crippen molar-refractivity contribution in [2.24, 2.45) is 10.3 Å². The molecule has 15 heteroatoms. The topological polar surface area (TPSA) is 230 Å². The van der Waals surface area contributed by atoms with Crippen molar-refractivity contribution >= 4 is 43.0 Å². The third-order valence-corrected chi connectivity index (χ3v) is 5.60. The highest BCUT2D eigenvalue weighted by Gasteiger charge is 2.23. The first-order valence-corrected chi connectivity index (χ1v) is 10.8. The largest absolute Gasteiger partial charge is 0.399 e. The van der Waals surface area contributed by atoms with Gasteiger partial charge in [0.1, 0.15) is 9.92 Å². The summed E-state index contributed by atoms with van der Waals surface area (Å²) in [5.74, 6) is 0. The number of hydrogen-bond donors (Lipinski definition) is 5. The van der Waals surface area contributed by atoms with E-state index in [9.17, 15) is 26.9 Å². The summed E-state index contributed by atoms with van der Waals surface area (Å²) in [6, 6.07) is 5.98. The van der Waals surface area contributed by atoms with E-state index in [-0.39, 0.29) is 22.8 Å². The lowest BCUT2D eigenvalue weighted by Crippen LogP contribution is -2.14. The van der Waals surface area contributed by atoms with Crippen LogP contribution < -0.4 is 16.0 Å². The molecule has 0 aliphatic carbocycles. The van der Waals surface area contributed by atoms with Gasteiger partial charge in [-0.2, -0.15) is 0 Å². The van der Waals surface area contributed by atoms with E-state index in [1.165, 1.54) is 18.2 Å². The number of aliphatic hydroxyl groups excluding tert-OH is 2. The van der Waals surface area contributed by atoms with E-state index >= 15 is 0 Å². The minimum Gasteiger partial charge on any atom is -0.399 e. The summed E-state index contributed by atoms with van der Waals surface area (Å²) in [6.45, 7) is -0.825. The normalized spacial score (nSPS) is 11.5. The van der Waals surface area contributed by atoms with E-state index in [4.69, 9.17) is 37.8 Å². The Morgan fingerprint density at radius 1 is 0.931 bits per heavy atom. The van der Waals surface area contributed by atoms with E-state index in [1.54, 1.807) is 0 Å². The second-order valence-corrected chi connectivity index (χ2v) is 8.97. The fourth-order valence-electron chi connectivity index (χ4n) is 2.01. The maximum Gasteiger partial charge on any atom is 0.289 e. The Morgan fingerprint density at radius 2 is 1.45 bits per heavy atom.